The molecule has 0 fully saturated rings. The molecule has 1 aromatic heterocycles. The summed E-state index contributed by atoms with van der Waals surface area (Å²) in [7, 11) is 0. The molecule has 0 aliphatic heterocycles. The fourth-order valence-electron chi connectivity index (χ4n) is 2.66. The second-order valence-corrected chi connectivity index (χ2v) is 8.40. The van der Waals surface area contributed by atoms with Crippen molar-refractivity contribution in [3.63, 3.8) is 0 Å². The first-order chi connectivity index (χ1) is 13.3. The van der Waals surface area contributed by atoms with Gasteiger partial charge in [-0.2, -0.15) is 0 Å². The number of nitrogens with one attached hydrogen (secondary N) is 1. The van der Waals surface area contributed by atoms with Crippen LogP contribution in [0.25, 0.3) is 16.6 Å². The normalized spacial score (nSPS) is 11.2. The summed E-state index contributed by atoms with van der Waals surface area (Å²) in [5.74, 6) is 0.465. The van der Waals surface area contributed by atoms with Crippen LogP contribution in [0.1, 0.15) is 19.4 Å². The number of halogens is 1. The molecule has 2 aromatic carbocycles. The highest BCUT2D eigenvalue weighted by atomic mass is 35.5. The van der Waals surface area contributed by atoms with Crippen molar-refractivity contribution < 1.29 is 4.79 Å². The van der Waals surface area contributed by atoms with Crippen LogP contribution in [0.4, 0.5) is 0 Å². The Morgan fingerprint density at radius 3 is 2.61 bits per heavy atom. The number of carbonyl (C=O) groups is 1. The first-order valence-corrected chi connectivity index (χ1v) is 10.4. The molecule has 1 heterocycles. The van der Waals surface area contributed by atoms with Crippen LogP contribution in [0, 0.1) is 12.8 Å². The molecule has 0 bridgehead atoms. The highest BCUT2D eigenvalue weighted by Gasteiger charge is 2.15. The molecular formula is C21H22ClN3O2S. The second-order valence-electron chi connectivity index (χ2n) is 7.02. The van der Waals surface area contributed by atoms with E-state index in [1.165, 1.54) is 11.8 Å². The minimum Gasteiger partial charge on any atom is -0.355 e. The lowest BCUT2D eigenvalue weighted by Crippen LogP contribution is -2.29. The van der Waals surface area contributed by atoms with Crippen LogP contribution in [-0.2, 0) is 4.79 Å². The quantitative estimate of drug-likeness (QED) is 0.483. The highest BCUT2D eigenvalue weighted by Crippen LogP contribution is 2.23. The van der Waals surface area contributed by atoms with Gasteiger partial charge in [-0.3, -0.25) is 14.2 Å². The molecule has 1 N–H and O–H groups in total. The molecule has 0 atom stereocenters. The van der Waals surface area contributed by atoms with E-state index < -0.39 is 0 Å². The number of amides is 1. The predicted octanol–water partition coefficient (Wildman–Crippen LogP) is 4.21. The summed E-state index contributed by atoms with van der Waals surface area (Å²) in [6, 6.07) is 12.7. The van der Waals surface area contributed by atoms with E-state index >= 15 is 0 Å². The van der Waals surface area contributed by atoms with Gasteiger partial charge in [-0.1, -0.05) is 54.9 Å². The number of carbonyl (C=O) groups excluding carboxylic acids is 1. The number of hydrogen-bond donors (Lipinski definition) is 1. The molecule has 7 heteroatoms. The van der Waals surface area contributed by atoms with Crippen molar-refractivity contribution in [2.45, 2.75) is 25.9 Å². The number of aryl methyl sites for hydroxylation is 1. The maximum absolute atomic E-state index is 13.2. The number of fused-ring (bicyclic) bond motifs is 1. The van der Waals surface area contributed by atoms with E-state index in [4.69, 9.17) is 11.6 Å². The van der Waals surface area contributed by atoms with E-state index in [-0.39, 0.29) is 17.2 Å². The van der Waals surface area contributed by atoms with Gasteiger partial charge in [-0.05, 0) is 43.2 Å². The molecule has 28 heavy (non-hydrogen) atoms. The summed E-state index contributed by atoms with van der Waals surface area (Å²) in [6.07, 6.45) is 0. The van der Waals surface area contributed by atoms with Gasteiger partial charge in [-0.15, -0.1) is 0 Å². The van der Waals surface area contributed by atoms with Crippen LogP contribution in [0.2, 0.25) is 5.02 Å². The molecule has 3 aromatic rings. The van der Waals surface area contributed by atoms with Gasteiger partial charge < -0.3 is 5.32 Å². The van der Waals surface area contributed by atoms with Crippen molar-refractivity contribution in [1.82, 2.24) is 14.9 Å². The smallest absolute Gasteiger partial charge is 0.266 e. The Kier molecular flexibility index (Phi) is 6.42. The third-order valence-electron chi connectivity index (χ3n) is 4.13. The van der Waals surface area contributed by atoms with Crippen LogP contribution < -0.4 is 10.9 Å². The minimum atomic E-state index is -0.185. The predicted molar refractivity (Wildman–Crippen MR) is 116 cm³/mol. The topological polar surface area (TPSA) is 64.0 Å². The highest BCUT2D eigenvalue weighted by molar-refractivity contribution is 7.99. The molecular weight excluding hydrogens is 394 g/mol. The van der Waals surface area contributed by atoms with Gasteiger partial charge in [0.2, 0.25) is 5.91 Å². The number of hydrogen-bond acceptors (Lipinski definition) is 4. The molecule has 0 unspecified atom stereocenters. The third kappa shape index (κ3) is 4.75. The average Bonchev–Trinajstić information content (AvgIpc) is 2.65. The van der Waals surface area contributed by atoms with Crippen molar-refractivity contribution in [2.75, 3.05) is 12.3 Å². The number of aromatic nitrogens is 2. The zero-order valence-electron chi connectivity index (χ0n) is 16.0. The summed E-state index contributed by atoms with van der Waals surface area (Å²) in [5.41, 5.74) is 2.14. The van der Waals surface area contributed by atoms with Crippen LogP contribution in [0.5, 0.6) is 0 Å². The number of rotatable bonds is 6. The average molecular weight is 416 g/mol. The first kappa shape index (κ1) is 20.4. The Morgan fingerprint density at radius 2 is 1.93 bits per heavy atom. The minimum absolute atomic E-state index is 0.0883. The first-order valence-electron chi connectivity index (χ1n) is 9.04. The lowest BCUT2D eigenvalue weighted by molar-refractivity contribution is -0.118. The van der Waals surface area contributed by atoms with Crippen LogP contribution in [0.3, 0.4) is 0 Å². The van der Waals surface area contributed by atoms with Crippen molar-refractivity contribution in [2.24, 2.45) is 5.92 Å². The Hall–Kier alpha value is -2.31. The Labute approximate surface area is 173 Å². The van der Waals surface area contributed by atoms with Crippen LogP contribution in [-0.4, -0.2) is 27.8 Å². The van der Waals surface area contributed by atoms with Gasteiger partial charge in [0.1, 0.15) is 0 Å². The molecule has 3 rings (SSSR count). The maximum atomic E-state index is 13.2. The Morgan fingerprint density at radius 1 is 1.21 bits per heavy atom. The molecule has 5 nitrogen and oxygen atoms in total. The number of benzene rings is 2. The molecule has 0 aliphatic rings. The lowest BCUT2D eigenvalue weighted by Gasteiger charge is -2.14. The molecule has 0 saturated carbocycles. The molecule has 146 valence electrons. The van der Waals surface area contributed by atoms with Gasteiger partial charge in [0, 0.05) is 11.6 Å². The third-order valence-corrected chi connectivity index (χ3v) is 5.31. The van der Waals surface area contributed by atoms with Gasteiger partial charge in [0.05, 0.1) is 22.3 Å². The summed E-state index contributed by atoms with van der Waals surface area (Å²) in [5, 5.41) is 4.34. The molecule has 1 amide bonds. The number of nitrogens with zero attached hydrogens (tertiary/aromatic N) is 2. The Bertz CT molecular complexity index is 1060. The second kappa shape index (κ2) is 8.80. The molecule has 0 aliphatic carbocycles. The van der Waals surface area contributed by atoms with E-state index in [1.807, 2.05) is 45.0 Å². The van der Waals surface area contributed by atoms with E-state index in [0.717, 1.165) is 5.56 Å². The summed E-state index contributed by atoms with van der Waals surface area (Å²) >= 11 is 7.31. The maximum Gasteiger partial charge on any atom is 0.266 e. The zero-order chi connectivity index (χ0) is 20.3. The van der Waals surface area contributed by atoms with Crippen molar-refractivity contribution in [3.8, 4) is 5.69 Å². The van der Waals surface area contributed by atoms with E-state index in [0.29, 0.717) is 39.2 Å². The summed E-state index contributed by atoms with van der Waals surface area (Å²) < 4.78 is 1.55. The number of thioether (sulfide) groups is 1. The Balaban J connectivity index is 2.03. The van der Waals surface area contributed by atoms with Crippen molar-refractivity contribution in [1.29, 1.82) is 0 Å². The molecule has 0 saturated heterocycles. The van der Waals surface area contributed by atoms with Crippen molar-refractivity contribution >= 4 is 40.2 Å². The fourth-order valence-corrected chi connectivity index (χ4v) is 3.66. The SMILES string of the molecule is Cc1ccc(-n2c(SCC(=O)NCC(C)C)nc3cc(Cl)ccc3c2=O)cc1. The lowest BCUT2D eigenvalue weighted by atomic mass is 10.2. The van der Waals surface area contributed by atoms with E-state index in [1.54, 1.807) is 22.8 Å². The largest absolute Gasteiger partial charge is 0.355 e. The van der Waals surface area contributed by atoms with E-state index in [2.05, 4.69) is 10.3 Å². The van der Waals surface area contributed by atoms with Gasteiger partial charge in [0.25, 0.3) is 5.56 Å². The van der Waals surface area contributed by atoms with Gasteiger partial charge in [0.15, 0.2) is 5.16 Å². The standard InChI is InChI=1S/C21H22ClN3O2S/c1-13(2)11-23-19(26)12-28-21-24-18-10-15(22)6-9-17(18)20(27)25(21)16-7-4-14(3)5-8-16/h4-10,13H,11-12H2,1-3H3,(H,23,26). The van der Waals surface area contributed by atoms with Crippen LogP contribution >= 0.6 is 23.4 Å². The summed E-state index contributed by atoms with van der Waals surface area (Å²) in [6.45, 7) is 6.68. The van der Waals surface area contributed by atoms with Gasteiger partial charge in [-0.25, -0.2) is 4.98 Å². The van der Waals surface area contributed by atoms with Crippen LogP contribution in [0.15, 0.2) is 52.4 Å². The summed E-state index contributed by atoms with van der Waals surface area (Å²) in [4.78, 5) is 29.9. The van der Waals surface area contributed by atoms with E-state index in [9.17, 15) is 9.59 Å². The molecule has 0 spiro atoms. The monoisotopic (exact) mass is 415 g/mol. The molecule has 0 radical (unpaired) electrons. The van der Waals surface area contributed by atoms with Gasteiger partial charge >= 0.3 is 0 Å². The zero-order valence-corrected chi connectivity index (χ0v) is 17.6. The van der Waals surface area contributed by atoms with Crippen molar-refractivity contribution in [3.05, 3.63) is 63.4 Å². The fraction of sp³-hybridized carbons (Fsp3) is 0.286.